The molecule has 63 heavy (non-hydrogen) atoms. The Morgan fingerprint density at radius 1 is 1.03 bits per heavy atom. The summed E-state index contributed by atoms with van der Waals surface area (Å²) in [5.41, 5.74) is -1.50. The van der Waals surface area contributed by atoms with Gasteiger partial charge < -0.3 is 59.6 Å². The number of ether oxygens (including phenoxy) is 4. The SMILES string of the molecule is Cc1ccc(Cl)c(Nc2ccccc2C(=O)OCCN(C)[C@@H]2C[C@@H](C)O[C@@H](O[C@@H]3[C@@H](C)[C@H](O)[C@@H](C)C(=O)O[C@H](CO)[C@@](C)(O)[C@H](O)[C@@H](C)N(C)C[C@H](C)C[C@@]3(C)O)[C@H]2N(C)C)c1Cl. The summed E-state index contributed by atoms with van der Waals surface area (Å²) in [5, 5.41) is 61.3. The number of hydrogen-bond donors (Lipinski definition) is 6. The van der Waals surface area contributed by atoms with Crippen LogP contribution >= 0.6 is 23.2 Å². The van der Waals surface area contributed by atoms with Gasteiger partial charge in [-0.1, -0.05) is 55.2 Å². The van der Waals surface area contributed by atoms with E-state index in [9.17, 15) is 35.1 Å². The minimum absolute atomic E-state index is 0.0656. The first kappa shape index (κ1) is 53.0. The minimum Gasteiger partial charge on any atom is -0.461 e. The Hall–Kier alpha value is -2.64. The van der Waals surface area contributed by atoms with E-state index in [1.807, 2.05) is 57.8 Å². The number of halogens is 2. The fraction of sp³-hybridized carbons (Fsp3) is 0.696. The third-order valence-corrected chi connectivity index (χ3v) is 13.9. The molecule has 4 rings (SSSR count). The standard InChI is InChI=1S/C46H72Cl2N4O11/c1-25-22-45(7,58)41(28(4)39(54)29(5)42(56)62-35(24-53)46(8,59)40(55)30(6)52(12)23-25)63-44-38(50(9)10)34(21-27(3)61-44)51(11)19-20-60-43(57)31-15-13-14-16-33(31)49-37-32(47)18-17-26(2)36(37)48/h13-18,25,27-30,34-35,38-41,44,49,53-55,58-59H,19-24H2,1-12H3/t25-,27-,28+,29-,30-,34-,35-,38+,39+,40-,41-,44+,45-,46-/m1/s1. The lowest BCUT2D eigenvalue weighted by Gasteiger charge is -2.50. The van der Waals surface area contributed by atoms with Crippen molar-refractivity contribution in [2.45, 2.75) is 134 Å². The lowest BCUT2D eigenvalue weighted by molar-refractivity contribution is -0.287. The number of esters is 2. The molecule has 0 aromatic heterocycles. The smallest absolute Gasteiger partial charge is 0.340 e. The van der Waals surface area contributed by atoms with Crippen LogP contribution in [0, 0.1) is 24.7 Å². The summed E-state index contributed by atoms with van der Waals surface area (Å²) < 4.78 is 24.9. The maximum Gasteiger partial charge on any atom is 0.340 e. The summed E-state index contributed by atoms with van der Waals surface area (Å²) >= 11 is 13.0. The maximum atomic E-state index is 13.6. The maximum absolute atomic E-state index is 13.6. The van der Waals surface area contributed by atoms with Crippen molar-refractivity contribution < 1.29 is 54.1 Å². The summed E-state index contributed by atoms with van der Waals surface area (Å²) in [7, 11) is 7.53. The summed E-state index contributed by atoms with van der Waals surface area (Å²) in [5.74, 6) is -3.68. The number of aryl methyl sites for hydroxylation is 1. The van der Waals surface area contributed by atoms with E-state index >= 15 is 0 Å². The molecule has 0 unspecified atom stereocenters. The lowest BCUT2D eigenvalue weighted by atomic mass is 9.78. The number of aliphatic hydroxyl groups excluding tert-OH is 3. The van der Waals surface area contributed by atoms with Crippen LogP contribution in [0.3, 0.4) is 0 Å². The Labute approximate surface area is 383 Å². The number of carbonyl (C=O) groups excluding carboxylic acids is 2. The van der Waals surface area contributed by atoms with Gasteiger partial charge in [-0.3, -0.25) is 9.69 Å². The molecule has 2 aromatic rings. The van der Waals surface area contributed by atoms with Crippen molar-refractivity contribution in [2.24, 2.45) is 17.8 Å². The van der Waals surface area contributed by atoms with Gasteiger partial charge in [0.1, 0.15) is 18.3 Å². The topological polar surface area (TPSA) is 194 Å². The Morgan fingerprint density at radius 2 is 1.68 bits per heavy atom. The molecule has 356 valence electrons. The number of likely N-dealkylation sites (N-methyl/N-ethyl adjacent to an activating group) is 3. The van der Waals surface area contributed by atoms with Crippen LogP contribution in [-0.2, 0) is 23.7 Å². The quantitative estimate of drug-likeness (QED) is 0.170. The van der Waals surface area contributed by atoms with E-state index in [0.29, 0.717) is 46.5 Å². The molecule has 2 aliphatic rings. The van der Waals surface area contributed by atoms with Gasteiger partial charge in [0.2, 0.25) is 0 Å². The molecule has 2 heterocycles. The molecule has 2 aromatic carbocycles. The van der Waals surface area contributed by atoms with Crippen molar-refractivity contribution in [2.75, 3.05) is 59.8 Å². The third-order valence-electron chi connectivity index (χ3n) is 13.1. The van der Waals surface area contributed by atoms with Crippen LogP contribution in [-0.4, -0.2) is 173 Å². The van der Waals surface area contributed by atoms with Gasteiger partial charge in [0.25, 0.3) is 0 Å². The molecule has 0 bridgehead atoms. The van der Waals surface area contributed by atoms with Gasteiger partial charge in [-0.25, -0.2) is 4.79 Å². The summed E-state index contributed by atoms with van der Waals surface area (Å²) in [6, 6.07) is 9.27. The third kappa shape index (κ3) is 12.6. The van der Waals surface area contributed by atoms with Crippen LogP contribution in [0.25, 0.3) is 0 Å². The van der Waals surface area contributed by atoms with Gasteiger partial charge in [-0.15, -0.1) is 0 Å². The molecule has 0 radical (unpaired) electrons. The number of rotatable bonds is 11. The molecule has 6 N–H and O–H groups in total. The molecule has 0 amide bonds. The number of cyclic esters (lactones) is 1. The zero-order valence-corrected chi connectivity index (χ0v) is 40.4. The van der Waals surface area contributed by atoms with Crippen molar-refractivity contribution >= 4 is 46.5 Å². The van der Waals surface area contributed by atoms with Crippen LogP contribution < -0.4 is 5.32 Å². The zero-order chi connectivity index (χ0) is 47.3. The summed E-state index contributed by atoms with van der Waals surface area (Å²) in [4.78, 5) is 33.0. The second kappa shape index (κ2) is 22.2. The predicted octanol–water partition coefficient (Wildman–Crippen LogP) is 4.71. The molecule has 2 aliphatic heterocycles. The molecular formula is C46H72Cl2N4O11. The number of nitrogens with one attached hydrogen (secondary N) is 1. The van der Waals surface area contributed by atoms with Gasteiger partial charge >= 0.3 is 11.9 Å². The largest absolute Gasteiger partial charge is 0.461 e. The number of benzene rings is 2. The number of anilines is 2. The Morgan fingerprint density at radius 3 is 2.32 bits per heavy atom. The van der Waals surface area contributed by atoms with Crippen molar-refractivity contribution in [3.63, 3.8) is 0 Å². The van der Waals surface area contributed by atoms with Crippen LogP contribution in [0.15, 0.2) is 36.4 Å². The van der Waals surface area contributed by atoms with Crippen LogP contribution in [0.2, 0.25) is 10.0 Å². The van der Waals surface area contributed by atoms with Crippen LogP contribution in [0.5, 0.6) is 0 Å². The average Bonchev–Trinajstić information content (AvgIpc) is 3.22. The monoisotopic (exact) mass is 926 g/mol. The van der Waals surface area contributed by atoms with Crippen LogP contribution in [0.4, 0.5) is 11.4 Å². The average molecular weight is 928 g/mol. The fourth-order valence-corrected chi connectivity index (χ4v) is 9.64. The number of carbonyl (C=O) groups is 2. The normalized spacial score (nSPS) is 35.5. The van der Waals surface area contributed by atoms with Gasteiger partial charge in [-0.05, 0) is 112 Å². The molecule has 2 saturated heterocycles. The predicted molar refractivity (Wildman–Crippen MR) is 243 cm³/mol. The number of hydrogen-bond acceptors (Lipinski definition) is 15. The molecular weight excluding hydrogens is 855 g/mol. The van der Waals surface area contributed by atoms with Gasteiger partial charge in [0, 0.05) is 31.1 Å². The van der Waals surface area contributed by atoms with E-state index < -0.39 is 84.4 Å². The van der Waals surface area contributed by atoms with Crippen molar-refractivity contribution in [1.29, 1.82) is 0 Å². The first-order chi connectivity index (χ1) is 29.3. The molecule has 0 saturated carbocycles. The Bertz CT molecular complexity index is 1840. The summed E-state index contributed by atoms with van der Waals surface area (Å²) in [6.07, 6.45) is -5.85. The van der Waals surface area contributed by atoms with Gasteiger partial charge in [0.05, 0.1) is 69.5 Å². The van der Waals surface area contributed by atoms with Gasteiger partial charge in [0.15, 0.2) is 12.4 Å². The van der Waals surface area contributed by atoms with E-state index in [0.717, 1.165) is 5.56 Å². The fourth-order valence-electron chi connectivity index (χ4n) is 9.18. The first-order valence-corrected chi connectivity index (χ1v) is 22.6. The highest BCUT2D eigenvalue weighted by Gasteiger charge is 2.50. The van der Waals surface area contributed by atoms with Crippen molar-refractivity contribution in [1.82, 2.24) is 14.7 Å². The second-order valence-electron chi connectivity index (χ2n) is 18.7. The van der Waals surface area contributed by atoms with E-state index in [1.54, 1.807) is 58.2 Å². The van der Waals surface area contributed by atoms with E-state index in [1.165, 1.54) is 13.8 Å². The van der Waals surface area contributed by atoms with Gasteiger partial charge in [-0.2, -0.15) is 0 Å². The van der Waals surface area contributed by atoms with E-state index in [4.69, 9.17) is 42.1 Å². The summed E-state index contributed by atoms with van der Waals surface area (Å²) in [6.45, 7) is 13.6. The highest BCUT2D eigenvalue weighted by molar-refractivity contribution is 6.39. The minimum atomic E-state index is -2.04. The number of para-hydroxylation sites is 1. The molecule has 0 aliphatic carbocycles. The Kier molecular flexibility index (Phi) is 18.7. The molecule has 0 spiro atoms. The lowest BCUT2D eigenvalue weighted by Crippen LogP contribution is -2.63. The molecule has 2 fully saturated rings. The highest BCUT2D eigenvalue weighted by atomic mass is 35.5. The zero-order valence-electron chi connectivity index (χ0n) is 38.9. The van der Waals surface area contributed by atoms with Crippen LogP contribution in [0.1, 0.15) is 77.2 Å². The Balaban J connectivity index is 1.57. The molecule has 17 heteroatoms. The number of aliphatic hydroxyl groups is 5. The molecule has 14 atom stereocenters. The first-order valence-electron chi connectivity index (χ1n) is 21.8. The highest BCUT2D eigenvalue weighted by Crippen LogP contribution is 2.38. The number of nitrogens with zero attached hydrogens (tertiary/aromatic N) is 3. The van der Waals surface area contributed by atoms with E-state index in [2.05, 4.69) is 10.2 Å². The van der Waals surface area contributed by atoms with Crippen molar-refractivity contribution in [3.05, 3.63) is 57.6 Å². The van der Waals surface area contributed by atoms with E-state index in [-0.39, 0.29) is 31.1 Å². The molecule has 15 nitrogen and oxygen atoms in total. The van der Waals surface area contributed by atoms with Crippen molar-refractivity contribution in [3.8, 4) is 0 Å². The second-order valence-corrected chi connectivity index (χ2v) is 19.5.